The molecular formula is C24H33N3O4S2. The second-order valence-corrected chi connectivity index (χ2v) is 11.4. The van der Waals surface area contributed by atoms with E-state index in [-0.39, 0.29) is 28.5 Å². The number of amides is 1. The van der Waals surface area contributed by atoms with E-state index in [2.05, 4.69) is 24.1 Å². The molecule has 0 saturated carbocycles. The van der Waals surface area contributed by atoms with Crippen molar-refractivity contribution in [1.29, 1.82) is 0 Å². The Balaban J connectivity index is 1.58. The zero-order chi connectivity index (χ0) is 23.8. The lowest BCUT2D eigenvalue weighted by atomic mass is 9.96. The van der Waals surface area contributed by atoms with Crippen LogP contribution in [0.1, 0.15) is 51.1 Å². The summed E-state index contributed by atoms with van der Waals surface area (Å²) in [6.07, 6.45) is 5.32. The van der Waals surface area contributed by atoms with Crippen LogP contribution in [-0.2, 0) is 14.8 Å². The number of carbonyl (C=O) groups excluding carboxylic acids is 1. The highest BCUT2D eigenvalue weighted by Crippen LogP contribution is 2.25. The SMILES string of the molecule is COc1ccc(C(NC(=O)CSc2ccc(S(=O)(=O)N3CCCCCC3)cn2)C(C)C)cc1. The summed E-state index contributed by atoms with van der Waals surface area (Å²) in [5, 5.41) is 3.71. The highest BCUT2D eigenvalue weighted by molar-refractivity contribution is 7.99. The summed E-state index contributed by atoms with van der Waals surface area (Å²) >= 11 is 1.29. The van der Waals surface area contributed by atoms with Crippen molar-refractivity contribution < 1.29 is 17.9 Å². The van der Waals surface area contributed by atoms with Gasteiger partial charge in [0.05, 0.1) is 23.9 Å². The largest absolute Gasteiger partial charge is 0.497 e. The molecule has 1 aliphatic rings. The Morgan fingerprint density at radius 3 is 2.30 bits per heavy atom. The maximum absolute atomic E-state index is 12.9. The van der Waals surface area contributed by atoms with E-state index in [1.54, 1.807) is 23.5 Å². The quantitative estimate of drug-likeness (QED) is 0.527. The molecule has 1 aromatic carbocycles. The molecule has 1 unspecified atom stereocenters. The third-order valence-electron chi connectivity index (χ3n) is 5.72. The molecule has 9 heteroatoms. The number of carbonyl (C=O) groups is 1. The van der Waals surface area contributed by atoms with E-state index in [1.807, 2.05) is 24.3 Å². The molecule has 2 heterocycles. The first-order valence-corrected chi connectivity index (χ1v) is 13.8. The number of ether oxygens (including phenoxy) is 1. The fourth-order valence-electron chi connectivity index (χ4n) is 3.84. The summed E-state index contributed by atoms with van der Waals surface area (Å²) in [4.78, 5) is 17.1. The molecule has 0 spiro atoms. The minimum atomic E-state index is -3.52. The Morgan fingerprint density at radius 2 is 1.76 bits per heavy atom. The Morgan fingerprint density at radius 1 is 1.09 bits per heavy atom. The van der Waals surface area contributed by atoms with Crippen molar-refractivity contribution in [3.63, 3.8) is 0 Å². The van der Waals surface area contributed by atoms with Gasteiger partial charge in [-0.3, -0.25) is 4.79 Å². The molecule has 1 aromatic heterocycles. The molecule has 1 saturated heterocycles. The van der Waals surface area contributed by atoms with Crippen LogP contribution in [-0.4, -0.2) is 49.6 Å². The van der Waals surface area contributed by atoms with E-state index in [1.165, 1.54) is 18.0 Å². The number of sulfonamides is 1. The molecule has 0 bridgehead atoms. The van der Waals surface area contributed by atoms with Gasteiger partial charge in [0.2, 0.25) is 15.9 Å². The van der Waals surface area contributed by atoms with Crippen molar-refractivity contribution in [3.8, 4) is 5.75 Å². The second-order valence-electron chi connectivity index (χ2n) is 8.50. The molecular weight excluding hydrogens is 458 g/mol. The molecule has 1 aliphatic heterocycles. The summed E-state index contributed by atoms with van der Waals surface area (Å²) < 4.78 is 32.5. The fraction of sp³-hybridized carbons (Fsp3) is 0.500. The van der Waals surface area contributed by atoms with Crippen LogP contribution in [0.3, 0.4) is 0 Å². The van der Waals surface area contributed by atoms with Crippen molar-refractivity contribution in [3.05, 3.63) is 48.2 Å². The maximum Gasteiger partial charge on any atom is 0.244 e. The van der Waals surface area contributed by atoms with Crippen molar-refractivity contribution >= 4 is 27.7 Å². The third-order valence-corrected chi connectivity index (χ3v) is 8.55. The van der Waals surface area contributed by atoms with Crippen LogP contribution in [0.15, 0.2) is 52.5 Å². The van der Waals surface area contributed by atoms with Crippen molar-refractivity contribution in [1.82, 2.24) is 14.6 Å². The minimum Gasteiger partial charge on any atom is -0.497 e. The van der Waals surface area contributed by atoms with Crippen LogP contribution in [0.5, 0.6) is 5.75 Å². The minimum absolute atomic E-state index is 0.0995. The first-order chi connectivity index (χ1) is 15.8. The smallest absolute Gasteiger partial charge is 0.244 e. The number of pyridine rings is 1. The van der Waals surface area contributed by atoms with Gasteiger partial charge in [-0.2, -0.15) is 4.31 Å². The zero-order valence-electron chi connectivity index (χ0n) is 19.5. The van der Waals surface area contributed by atoms with Gasteiger partial charge in [-0.1, -0.05) is 50.6 Å². The van der Waals surface area contributed by atoms with Gasteiger partial charge in [0, 0.05) is 19.3 Å². The number of methoxy groups -OCH3 is 1. The summed E-state index contributed by atoms with van der Waals surface area (Å²) in [6.45, 7) is 5.25. The first kappa shape index (κ1) is 25.5. The maximum atomic E-state index is 12.9. The molecule has 7 nitrogen and oxygen atoms in total. The highest BCUT2D eigenvalue weighted by atomic mass is 32.2. The lowest BCUT2D eigenvalue weighted by molar-refractivity contribution is -0.119. The highest BCUT2D eigenvalue weighted by Gasteiger charge is 2.25. The molecule has 1 fully saturated rings. The molecule has 1 amide bonds. The Labute approximate surface area is 201 Å². The normalized spacial score (nSPS) is 16.2. The van der Waals surface area contributed by atoms with E-state index in [4.69, 9.17) is 4.74 Å². The lowest BCUT2D eigenvalue weighted by Gasteiger charge is -2.23. The number of nitrogens with one attached hydrogen (secondary N) is 1. The first-order valence-electron chi connectivity index (χ1n) is 11.3. The average Bonchev–Trinajstić information content (AvgIpc) is 3.12. The Kier molecular flexibility index (Phi) is 9.17. The number of nitrogens with zero attached hydrogens (tertiary/aromatic N) is 2. The summed E-state index contributed by atoms with van der Waals surface area (Å²) in [6, 6.07) is 10.8. The molecule has 1 N–H and O–H groups in total. The molecule has 0 radical (unpaired) electrons. The predicted octanol–water partition coefficient (Wildman–Crippen LogP) is 4.26. The summed E-state index contributed by atoms with van der Waals surface area (Å²) in [5.74, 6) is 1.09. The summed E-state index contributed by atoms with van der Waals surface area (Å²) in [5.41, 5.74) is 1.02. The second kappa shape index (κ2) is 11.9. The number of rotatable bonds is 9. The van der Waals surface area contributed by atoms with Gasteiger partial charge in [-0.05, 0) is 48.6 Å². The van der Waals surface area contributed by atoms with E-state index in [0.717, 1.165) is 37.0 Å². The van der Waals surface area contributed by atoms with Crippen molar-refractivity contribution in [2.45, 2.75) is 55.5 Å². The van der Waals surface area contributed by atoms with Crippen molar-refractivity contribution in [2.24, 2.45) is 5.92 Å². The molecule has 33 heavy (non-hydrogen) atoms. The summed E-state index contributed by atoms with van der Waals surface area (Å²) in [7, 11) is -1.90. The lowest BCUT2D eigenvalue weighted by Crippen LogP contribution is -2.33. The molecule has 3 rings (SSSR count). The van der Waals surface area contributed by atoms with Gasteiger partial charge >= 0.3 is 0 Å². The standard InChI is InChI=1S/C24H33N3O4S2/c1-18(2)24(19-8-10-20(31-3)11-9-19)26-22(28)17-32-23-13-12-21(16-25-23)33(29,30)27-14-6-4-5-7-15-27/h8-13,16,18,24H,4-7,14-15,17H2,1-3H3,(H,26,28). The van der Waals surface area contributed by atoms with Gasteiger partial charge < -0.3 is 10.1 Å². The predicted molar refractivity (Wildman–Crippen MR) is 131 cm³/mol. The van der Waals surface area contributed by atoms with E-state index >= 15 is 0 Å². The molecule has 2 aromatic rings. The molecule has 0 aliphatic carbocycles. The Bertz CT molecular complexity index is 1000. The number of benzene rings is 1. The average molecular weight is 492 g/mol. The third kappa shape index (κ3) is 6.94. The zero-order valence-corrected chi connectivity index (χ0v) is 21.1. The number of hydrogen-bond acceptors (Lipinski definition) is 6. The van der Waals surface area contributed by atoms with Gasteiger partial charge in [0.25, 0.3) is 0 Å². The van der Waals surface area contributed by atoms with E-state index in [9.17, 15) is 13.2 Å². The fourth-order valence-corrected chi connectivity index (χ4v) is 5.95. The van der Waals surface area contributed by atoms with Gasteiger partial charge in [0.1, 0.15) is 10.6 Å². The van der Waals surface area contributed by atoms with Crippen molar-refractivity contribution in [2.75, 3.05) is 26.0 Å². The van der Waals surface area contributed by atoms with Crippen LogP contribution in [0.2, 0.25) is 0 Å². The van der Waals surface area contributed by atoms with E-state index in [0.29, 0.717) is 18.1 Å². The Hall–Kier alpha value is -2.10. The monoisotopic (exact) mass is 491 g/mol. The number of hydrogen-bond donors (Lipinski definition) is 1. The van der Waals surface area contributed by atoms with E-state index < -0.39 is 10.0 Å². The topological polar surface area (TPSA) is 88.6 Å². The van der Waals surface area contributed by atoms with Gasteiger partial charge in [-0.25, -0.2) is 13.4 Å². The number of thioether (sulfide) groups is 1. The van der Waals surface area contributed by atoms with Crippen LogP contribution in [0, 0.1) is 5.92 Å². The van der Waals surface area contributed by atoms with Crippen LogP contribution >= 0.6 is 11.8 Å². The molecule has 1 atom stereocenters. The van der Waals surface area contributed by atoms with Gasteiger partial charge in [0.15, 0.2) is 0 Å². The number of aromatic nitrogens is 1. The molecule has 180 valence electrons. The van der Waals surface area contributed by atoms with Crippen LogP contribution < -0.4 is 10.1 Å². The van der Waals surface area contributed by atoms with Gasteiger partial charge in [-0.15, -0.1) is 0 Å². The van der Waals surface area contributed by atoms with Crippen LogP contribution in [0.25, 0.3) is 0 Å². The van der Waals surface area contributed by atoms with Crippen LogP contribution in [0.4, 0.5) is 0 Å².